The maximum Gasteiger partial charge on any atom is 0.434 e. The molecule has 5 aromatic carbocycles. The molecule has 10 aromatic rings. The zero-order valence-electron chi connectivity index (χ0n) is 76.3. The second-order valence-corrected chi connectivity index (χ2v) is 44.9. The first kappa shape index (κ1) is 94.1. The van der Waals surface area contributed by atoms with Gasteiger partial charge in [0.25, 0.3) is 0 Å². The van der Waals surface area contributed by atoms with Crippen molar-refractivity contribution in [2.75, 3.05) is 16.0 Å². The Morgan fingerprint density at radius 3 is 1.24 bits per heavy atom. The van der Waals surface area contributed by atoms with Gasteiger partial charge in [0.2, 0.25) is 29.5 Å². The highest BCUT2D eigenvalue weighted by Gasteiger charge is 2.80. The molecule has 24 nitrogen and oxygen atoms in total. The fraction of sp³-hybridized carbons (Fsp3) is 0.476. The van der Waals surface area contributed by atoms with Gasteiger partial charge < -0.3 is 40.4 Å². The highest BCUT2D eigenvalue weighted by atomic mass is 35.5. The molecule has 6 spiro atoms. The average molecular weight is 1950 g/mol. The number of aliphatic carboxylic acids is 1. The Labute approximate surface area is 813 Å². The number of esters is 1. The van der Waals surface area contributed by atoms with Crippen molar-refractivity contribution in [1.29, 1.82) is 0 Å². The largest absolute Gasteiger partial charge is 0.481 e. The van der Waals surface area contributed by atoms with Crippen LogP contribution in [0.15, 0.2) is 189 Å². The Morgan fingerprint density at radius 1 is 0.437 bits per heavy atom. The Morgan fingerprint density at radius 2 is 0.822 bits per heavy atom. The summed E-state index contributed by atoms with van der Waals surface area (Å²) >= 11 is 38.5. The van der Waals surface area contributed by atoms with Gasteiger partial charge in [-0.1, -0.05) is 190 Å². The first-order chi connectivity index (χ1) is 64.5. The maximum atomic E-state index is 15.1. The van der Waals surface area contributed by atoms with Crippen LogP contribution in [0.3, 0.4) is 0 Å². The standard InChI is InChI=1S/C38H35Cl2N3O3.C34H38Cl2N4O4.C25H26Cl2N2O3.C8H13N3O2/c1-36(2)16-18-37(19-17-36)38(27-14-13-26(39)22-28(27)42-35(38)45)30(25-15-20-41-29(40)21-25)32-34(44)46-33(24-11-7-4-8-12-24)31(43(32)37)23-9-5-3-6-10-23;1-32(2)10-12-33(13-11-32)18-23(26(41)15-19-3-5-20(6-4-19)29-39-40-31(43)44-29)28(21-9-14-37-27(36)16-21)34(33)24-8-7-22(35)17-25(24)38-30(34)42;1-23(2)6-8-24(9-7-23)13-16(21(30)31)20(14-5-10-28-19(27)11-14)25(24)17-4-3-15(26)12-18(17)29-22(25)32;9-6-3-1-5(2-4-6)7-10-11-8(12)13-7/h3-15,20-22,30-33H,16-19H2,1-2H3,(H,42,45);7-9,14,16-17,19-20,23,28H,3-6,10-13,15,18H2,1-2H3,(H,38,42)(H,40,43);3-5,10-12,16,20H,6-9,13H2,1-2H3,(H,29,32)(H,30,31);5-6H,1-4,9H2,(H,11,12)/t30-,31+,32+,33-,38-;19?,20?,23-,28-,34+;16-,20+,25?;/m001./s1. The van der Waals surface area contributed by atoms with Gasteiger partial charge in [-0.25, -0.2) is 34.7 Å². The van der Waals surface area contributed by atoms with E-state index in [2.05, 4.69) is 110 Å². The zero-order chi connectivity index (χ0) is 94.8. The lowest BCUT2D eigenvalue weighted by Crippen LogP contribution is -2.64. The SMILES string of the molecule is CC1(C)CCC2(CC1)C[C@@H](C(=O)CC1CCC(c3n[nH]c(=O)o3)CC1)[C@H](c1ccnc(Cl)c1)[C@]21C(=O)Nc2cc(Cl)ccc21.CC1(C)CCC2(CC1)C[C@@H](C(=O)O)[C@H](c1ccnc(Cl)c1)C21C(=O)Nc2cc(Cl)ccc21.CC1(C)CCC2(CC1)N1[C@H](c3ccccc3)[C@H](c3ccccc3)OC(=O)[C@H]1[C@H](c1ccnc(Cl)c1)[C@@]21C(=O)Nc2cc(Cl)ccc21.NC1CCC(c2n[nH]c(=O)o2)CC1. The summed E-state index contributed by atoms with van der Waals surface area (Å²) in [6.07, 6.45) is 23.6. The molecule has 22 rings (SSSR count). The number of benzene rings is 5. The number of pyridine rings is 3. The predicted molar refractivity (Wildman–Crippen MR) is 517 cm³/mol. The highest BCUT2D eigenvalue weighted by Crippen LogP contribution is 2.76. The van der Waals surface area contributed by atoms with Crippen LogP contribution in [0.2, 0.25) is 30.5 Å². The molecule has 3 amide bonds. The van der Waals surface area contributed by atoms with Crippen molar-refractivity contribution in [2.45, 2.75) is 265 Å². The molecule has 2 saturated heterocycles. The molecular formula is C105H112Cl6N12O12. The maximum absolute atomic E-state index is 15.1. The molecule has 12 aliphatic rings. The minimum Gasteiger partial charge on any atom is -0.481 e. The molecule has 7 aliphatic carbocycles. The van der Waals surface area contributed by atoms with E-state index >= 15 is 4.79 Å². The fourth-order valence-electron chi connectivity index (χ4n) is 27.2. The number of hydrogen-bond donors (Lipinski definition) is 7. The third kappa shape index (κ3) is 16.4. The molecule has 30 heteroatoms. The highest BCUT2D eigenvalue weighted by molar-refractivity contribution is 6.32. The number of H-pyrrole nitrogens is 2. The third-order valence-electron chi connectivity index (χ3n) is 33.6. The normalized spacial score (nSPS) is 29.8. The number of carbonyl (C=O) groups excluding carboxylic acids is 5. The molecule has 9 fully saturated rings. The van der Waals surface area contributed by atoms with Crippen molar-refractivity contribution in [3.63, 3.8) is 0 Å². The predicted octanol–water partition coefficient (Wildman–Crippen LogP) is 22.4. The quantitative estimate of drug-likeness (QED) is 0.0467. The minimum absolute atomic E-state index is 0.0382. The van der Waals surface area contributed by atoms with Crippen molar-refractivity contribution >= 4 is 122 Å². The Kier molecular flexibility index (Phi) is 25.2. The number of aromatic amines is 2. The van der Waals surface area contributed by atoms with Gasteiger partial charge in [-0.2, -0.15) is 0 Å². The van der Waals surface area contributed by atoms with Gasteiger partial charge in [0.05, 0.1) is 22.8 Å². The van der Waals surface area contributed by atoms with Gasteiger partial charge in [-0.05, 0) is 292 Å². The van der Waals surface area contributed by atoms with Crippen LogP contribution in [0.4, 0.5) is 17.1 Å². The summed E-state index contributed by atoms with van der Waals surface area (Å²) in [5, 5.41) is 35.0. The molecule has 5 aromatic heterocycles. The second-order valence-electron chi connectivity index (χ2n) is 42.4. The van der Waals surface area contributed by atoms with Gasteiger partial charge in [0.1, 0.15) is 38.8 Å². The van der Waals surface area contributed by atoms with Crippen LogP contribution in [-0.4, -0.2) is 98.4 Å². The van der Waals surface area contributed by atoms with Crippen molar-refractivity contribution in [1.82, 2.24) is 40.2 Å². The minimum atomic E-state index is -1.14. The summed E-state index contributed by atoms with van der Waals surface area (Å²) in [7, 11) is 0. The number of ether oxygens (including phenoxy) is 1. The van der Waals surface area contributed by atoms with Crippen LogP contribution in [0.5, 0.6) is 0 Å². The molecule has 0 bridgehead atoms. The lowest BCUT2D eigenvalue weighted by molar-refractivity contribution is -0.184. The van der Waals surface area contributed by atoms with Crippen LogP contribution in [0.25, 0.3) is 0 Å². The summed E-state index contributed by atoms with van der Waals surface area (Å²) in [6, 6.07) is 47.4. The molecule has 706 valence electrons. The Balaban J connectivity index is 0.000000123. The van der Waals surface area contributed by atoms with E-state index in [-0.39, 0.29) is 86.8 Å². The van der Waals surface area contributed by atoms with Crippen molar-refractivity contribution in [3.05, 3.63) is 278 Å². The van der Waals surface area contributed by atoms with Gasteiger partial charge >= 0.3 is 23.5 Å². The van der Waals surface area contributed by atoms with E-state index in [4.69, 9.17) is 88.9 Å². The van der Waals surface area contributed by atoms with Crippen LogP contribution in [0, 0.1) is 44.8 Å². The van der Waals surface area contributed by atoms with E-state index in [1.807, 2.05) is 115 Å². The number of morpholine rings is 1. The number of carboxylic acids is 1. The molecule has 135 heavy (non-hydrogen) atoms. The fourth-order valence-corrected chi connectivity index (χ4v) is 28.2. The number of halogens is 6. The van der Waals surface area contributed by atoms with Crippen molar-refractivity contribution in [3.8, 4) is 0 Å². The van der Waals surface area contributed by atoms with Gasteiger partial charge in [0, 0.05) is 104 Å². The molecule has 0 radical (unpaired) electrons. The number of fused-ring (bicyclic) bond motifs is 11. The number of hydrogen-bond acceptors (Lipinski definition) is 18. The van der Waals surface area contributed by atoms with Crippen LogP contribution in [-0.2, 0) is 49.7 Å². The molecule has 10 heterocycles. The average Bonchev–Trinajstić information content (AvgIpc) is 1.48. The van der Waals surface area contributed by atoms with Gasteiger partial charge in [-0.15, -0.1) is 10.2 Å². The van der Waals surface area contributed by atoms with Crippen molar-refractivity contribution < 1.29 is 47.4 Å². The number of aromatic nitrogens is 7. The summed E-state index contributed by atoms with van der Waals surface area (Å²) in [5.41, 5.74) is 10.7. The van der Waals surface area contributed by atoms with Crippen LogP contribution >= 0.6 is 69.6 Å². The Hall–Kier alpha value is -9.89. The number of nitrogens with zero attached hydrogens (tertiary/aromatic N) is 6. The van der Waals surface area contributed by atoms with E-state index in [1.165, 1.54) is 0 Å². The second kappa shape index (κ2) is 36.1. The van der Waals surface area contributed by atoms with Gasteiger partial charge in [0.15, 0.2) is 0 Å². The molecule has 8 N–H and O–H groups in total. The molecule has 1 unspecified atom stereocenters. The lowest BCUT2D eigenvalue weighted by Gasteiger charge is -2.57. The summed E-state index contributed by atoms with van der Waals surface area (Å²) in [6.45, 7) is 13.7. The number of ketones is 1. The Bertz CT molecular complexity index is 6360. The third-order valence-corrected chi connectivity index (χ3v) is 35.0. The van der Waals surface area contributed by atoms with Crippen LogP contribution < -0.4 is 33.2 Å². The molecule has 11 atom stereocenters. The zero-order valence-corrected chi connectivity index (χ0v) is 80.9. The number of nitrogens with one attached hydrogen (secondary N) is 5. The first-order valence-electron chi connectivity index (χ1n) is 47.4. The molecular weight excluding hydrogens is 1830 g/mol. The lowest BCUT2D eigenvalue weighted by atomic mass is 9.51. The summed E-state index contributed by atoms with van der Waals surface area (Å²) in [4.78, 5) is 123. The van der Waals surface area contributed by atoms with E-state index in [9.17, 15) is 38.7 Å². The first-order valence-corrected chi connectivity index (χ1v) is 49.7. The number of rotatable bonds is 11. The van der Waals surface area contributed by atoms with Crippen LogP contribution in [0.1, 0.15) is 287 Å². The number of cyclic esters (lactones) is 1. The smallest absolute Gasteiger partial charge is 0.434 e. The number of carboxylic acid groups (broad SMARTS) is 1. The van der Waals surface area contributed by atoms with E-state index in [0.29, 0.717) is 79.0 Å². The molecule has 5 aliphatic heterocycles. The number of Topliss-reactive ketones (excluding diaryl/α,β-unsaturated/α-hetero) is 1. The summed E-state index contributed by atoms with van der Waals surface area (Å²) < 4.78 is 16.7. The monoisotopic (exact) mass is 1940 g/mol. The van der Waals surface area contributed by atoms with Crippen molar-refractivity contribution in [2.24, 2.45) is 50.6 Å². The van der Waals surface area contributed by atoms with E-state index in [1.54, 1.807) is 42.9 Å². The number of nitrogens with two attached hydrogens (primary N) is 1. The number of anilines is 3. The number of amides is 3. The van der Waals surface area contributed by atoms with Gasteiger partial charge in [-0.3, -0.25) is 33.7 Å². The van der Waals surface area contributed by atoms with E-state index in [0.717, 1.165) is 179 Å². The topological polar surface area (TPSA) is 354 Å². The number of carbonyl (C=O) groups is 6. The summed E-state index contributed by atoms with van der Waals surface area (Å²) in [5.74, 6) is -3.28. The van der Waals surface area contributed by atoms with E-state index < -0.39 is 74.6 Å². The molecule has 7 saturated carbocycles.